The average molecular weight is 349 g/mol. The van der Waals surface area contributed by atoms with Gasteiger partial charge in [-0.2, -0.15) is 0 Å². The van der Waals surface area contributed by atoms with Crippen LogP contribution in [0.2, 0.25) is 0 Å². The molecule has 0 aliphatic heterocycles. The van der Waals surface area contributed by atoms with Gasteiger partial charge in [0.1, 0.15) is 0 Å². The van der Waals surface area contributed by atoms with Crippen LogP contribution in [0.4, 0.5) is 0 Å². The summed E-state index contributed by atoms with van der Waals surface area (Å²) in [5.74, 6) is -0.332. The zero-order valence-corrected chi connectivity index (χ0v) is 13.6. The molecule has 1 aromatic rings. The van der Waals surface area contributed by atoms with E-state index in [1.807, 2.05) is 19.9 Å². The number of thiocarbonyl (C=S) groups is 1. The van der Waals surface area contributed by atoms with E-state index in [0.717, 1.165) is 10.2 Å². The van der Waals surface area contributed by atoms with Crippen LogP contribution in [0.3, 0.4) is 0 Å². The summed E-state index contributed by atoms with van der Waals surface area (Å²) in [4.78, 5) is 13.4. The Balaban J connectivity index is 2.43. The maximum absolute atomic E-state index is 11.9. The Labute approximate surface area is 125 Å². The van der Waals surface area contributed by atoms with Gasteiger partial charge < -0.3 is 11.1 Å². The number of carbonyl (C=O) groups excluding carboxylic acids is 1. The van der Waals surface area contributed by atoms with E-state index in [1.165, 1.54) is 4.88 Å². The molecule has 0 saturated carbocycles. The van der Waals surface area contributed by atoms with Crippen molar-refractivity contribution in [3.63, 3.8) is 0 Å². The van der Waals surface area contributed by atoms with E-state index in [2.05, 4.69) is 27.3 Å². The minimum atomic E-state index is -0.380. The molecule has 3 N–H and O–H groups in total. The lowest BCUT2D eigenvalue weighted by Gasteiger charge is -2.18. The van der Waals surface area contributed by atoms with Gasteiger partial charge in [-0.05, 0) is 40.4 Å². The fraction of sp³-hybridized carbons (Fsp3) is 0.500. The molecule has 0 fully saturated rings. The van der Waals surface area contributed by atoms with Crippen LogP contribution in [0, 0.1) is 11.8 Å². The third kappa shape index (κ3) is 4.66. The van der Waals surface area contributed by atoms with Gasteiger partial charge >= 0.3 is 0 Å². The van der Waals surface area contributed by atoms with Crippen LogP contribution in [0.5, 0.6) is 0 Å². The van der Waals surface area contributed by atoms with Gasteiger partial charge in [0.05, 0.1) is 14.7 Å². The molecule has 0 bridgehead atoms. The number of thiophene rings is 1. The fourth-order valence-corrected chi connectivity index (χ4v) is 3.53. The molecule has 0 aromatic carbocycles. The van der Waals surface area contributed by atoms with Crippen LogP contribution in [0.25, 0.3) is 0 Å². The first kappa shape index (κ1) is 15.6. The third-order valence-electron chi connectivity index (χ3n) is 2.56. The molecule has 6 heteroatoms. The van der Waals surface area contributed by atoms with Crippen molar-refractivity contribution >= 4 is 50.4 Å². The van der Waals surface area contributed by atoms with Gasteiger partial charge in [0.25, 0.3) is 0 Å². The summed E-state index contributed by atoms with van der Waals surface area (Å²) in [6.45, 7) is 4.50. The summed E-state index contributed by atoms with van der Waals surface area (Å²) in [6.07, 6.45) is 0.824. The molecule has 0 aliphatic rings. The van der Waals surface area contributed by atoms with Crippen LogP contribution in [0.1, 0.15) is 18.7 Å². The number of rotatable bonds is 6. The second-order valence-electron chi connectivity index (χ2n) is 4.37. The number of hydrogen-bond donors (Lipinski definition) is 2. The molecule has 3 nitrogen and oxygen atoms in total. The highest BCUT2D eigenvalue weighted by Crippen LogP contribution is 2.22. The van der Waals surface area contributed by atoms with E-state index in [1.54, 1.807) is 11.3 Å². The highest BCUT2D eigenvalue weighted by Gasteiger charge is 2.24. The predicted octanol–water partition coefficient (Wildman–Crippen LogP) is 2.73. The van der Waals surface area contributed by atoms with E-state index in [9.17, 15) is 4.79 Å². The summed E-state index contributed by atoms with van der Waals surface area (Å²) in [5.41, 5.74) is 5.59. The molecule has 1 aromatic heterocycles. The van der Waals surface area contributed by atoms with Gasteiger partial charge in [-0.1, -0.05) is 26.1 Å². The van der Waals surface area contributed by atoms with Crippen molar-refractivity contribution in [2.75, 3.05) is 6.54 Å². The molecule has 18 heavy (non-hydrogen) atoms. The maximum atomic E-state index is 11.9. The monoisotopic (exact) mass is 348 g/mol. The van der Waals surface area contributed by atoms with Gasteiger partial charge in [-0.25, -0.2) is 0 Å². The molecule has 0 spiro atoms. The fourth-order valence-electron chi connectivity index (χ4n) is 1.67. The second-order valence-corrected chi connectivity index (χ2v) is 7.39. The van der Waals surface area contributed by atoms with Crippen molar-refractivity contribution in [2.45, 2.75) is 20.3 Å². The van der Waals surface area contributed by atoms with Crippen LogP contribution >= 0.6 is 39.5 Å². The number of hydrogen-bond acceptors (Lipinski definition) is 3. The Morgan fingerprint density at radius 3 is 2.67 bits per heavy atom. The maximum Gasteiger partial charge on any atom is 0.230 e. The van der Waals surface area contributed by atoms with E-state index in [0.29, 0.717) is 6.54 Å². The predicted molar refractivity (Wildman–Crippen MR) is 83.8 cm³/mol. The van der Waals surface area contributed by atoms with Gasteiger partial charge in [0.15, 0.2) is 0 Å². The number of carbonyl (C=O) groups is 1. The Kier molecular flexibility index (Phi) is 6.25. The lowest BCUT2D eigenvalue weighted by Crippen LogP contribution is -2.41. The Bertz CT molecular complexity index is 431. The summed E-state index contributed by atoms with van der Waals surface area (Å²) in [5, 5.41) is 2.89. The number of amides is 1. The molecular formula is C12H17BrN2OS2. The molecule has 100 valence electrons. The highest BCUT2D eigenvalue weighted by molar-refractivity contribution is 9.11. The number of nitrogens with two attached hydrogens (primary N) is 1. The molecule has 1 atom stereocenters. The zero-order chi connectivity index (χ0) is 13.7. The van der Waals surface area contributed by atoms with Crippen LogP contribution in [-0.4, -0.2) is 17.4 Å². The zero-order valence-electron chi connectivity index (χ0n) is 10.4. The SMILES string of the molecule is CC(C)C(C(=O)NCCc1ccc(Br)s1)C(N)=S. The topological polar surface area (TPSA) is 55.1 Å². The second kappa shape index (κ2) is 7.21. The molecule has 1 rings (SSSR count). The minimum Gasteiger partial charge on any atom is -0.393 e. The third-order valence-corrected chi connectivity index (χ3v) is 4.49. The van der Waals surface area contributed by atoms with E-state index < -0.39 is 0 Å². The first-order chi connectivity index (χ1) is 8.41. The molecule has 0 aliphatic carbocycles. The Morgan fingerprint density at radius 1 is 1.56 bits per heavy atom. The smallest absolute Gasteiger partial charge is 0.230 e. The molecule has 0 radical (unpaired) electrons. The lowest BCUT2D eigenvalue weighted by molar-refractivity contribution is -0.123. The van der Waals surface area contributed by atoms with Crippen molar-refractivity contribution in [1.29, 1.82) is 0 Å². The average Bonchev–Trinajstić information content (AvgIpc) is 2.63. The summed E-state index contributed by atoms with van der Waals surface area (Å²) < 4.78 is 1.10. The molecule has 1 unspecified atom stereocenters. The Morgan fingerprint density at radius 2 is 2.22 bits per heavy atom. The summed E-state index contributed by atoms with van der Waals surface area (Å²) in [7, 11) is 0. The molecule has 0 saturated heterocycles. The van der Waals surface area contributed by atoms with Crippen LogP contribution < -0.4 is 11.1 Å². The van der Waals surface area contributed by atoms with Crippen LogP contribution in [0.15, 0.2) is 15.9 Å². The summed E-state index contributed by atoms with van der Waals surface area (Å²) in [6, 6.07) is 4.06. The normalized spacial score (nSPS) is 12.4. The van der Waals surface area contributed by atoms with Crippen molar-refractivity contribution in [1.82, 2.24) is 5.32 Å². The largest absolute Gasteiger partial charge is 0.393 e. The van der Waals surface area contributed by atoms with Gasteiger partial charge in [0, 0.05) is 11.4 Å². The Hall–Kier alpha value is -0.460. The van der Waals surface area contributed by atoms with E-state index >= 15 is 0 Å². The molecule has 1 heterocycles. The van der Waals surface area contributed by atoms with E-state index in [-0.39, 0.29) is 22.7 Å². The number of halogens is 1. The standard InChI is InChI=1S/C12H17BrN2OS2/c1-7(2)10(11(14)17)12(16)15-6-5-8-3-4-9(13)18-8/h3-4,7,10H,5-6H2,1-2H3,(H2,14,17)(H,15,16). The lowest BCUT2D eigenvalue weighted by atomic mass is 9.95. The van der Waals surface area contributed by atoms with Crippen molar-refractivity contribution in [3.05, 3.63) is 20.8 Å². The van der Waals surface area contributed by atoms with Crippen molar-refractivity contribution < 1.29 is 4.79 Å². The molecule has 1 amide bonds. The van der Waals surface area contributed by atoms with Gasteiger partial charge in [-0.15, -0.1) is 11.3 Å². The quantitative estimate of drug-likeness (QED) is 0.777. The van der Waals surface area contributed by atoms with E-state index in [4.69, 9.17) is 18.0 Å². The van der Waals surface area contributed by atoms with Gasteiger partial charge in [-0.3, -0.25) is 4.79 Å². The highest BCUT2D eigenvalue weighted by atomic mass is 79.9. The first-order valence-corrected chi connectivity index (χ1v) is 7.75. The van der Waals surface area contributed by atoms with Gasteiger partial charge in [0.2, 0.25) is 5.91 Å². The minimum absolute atomic E-state index is 0.0758. The van der Waals surface area contributed by atoms with Crippen molar-refractivity contribution in [2.24, 2.45) is 17.6 Å². The first-order valence-electron chi connectivity index (χ1n) is 5.73. The van der Waals surface area contributed by atoms with Crippen LogP contribution in [-0.2, 0) is 11.2 Å². The number of nitrogens with one attached hydrogen (secondary N) is 1. The summed E-state index contributed by atoms with van der Waals surface area (Å²) >= 11 is 10.0. The molecular weight excluding hydrogens is 332 g/mol. The van der Waals surface area contributed by atoms with Crippen molar-refractivity contribution in [3.8, 4) is 0 Å².